The maximum atomic E-state index is 13.7. The Labute approximate surface area is 198 Å². The molecule has 1 aliphatic heterocycles. The molecule has 2 unspecified atom stereocenters. The summed E-state index contributed by atoms with van der Waals surface area (Å²) < 4.78 is 69.4. The van der Waals surface area contributed by atoms with Crippen molar-refractivity contribution in [3.05, 3.63) is 29.2 Å². The van der Waals surface area contributed by atoms with Crippen LogP contribution in [0, 0.1) is 23.1 Å². The van der Waals surface area contributed by atoms with Gasteiger partial charge in [-0.2, -0.15) is 8.78 Å². The molecule has 34 heavy (non-hydrogen) atoms. The number of nitrogens with zero attached hydrogens (tertiary/aromatic N) is 3. The van der Waals surface area contributed by atoms with Gasteiger partial charge in [-0.1, -0.05) is 13.8 Å². The van der Waals surface area contributed by atoms with E-state index in [4.69, 9.17) is 0 Å². The first-order valence-corrected chi connectivity index (χ1v) is 11.7. The minimum Gasteiger partial charge on any atom is -0.416 e. The summed E-state index contributed by atoms with van der Waals surface area (Å²) in [5, 5.41) is 20.6. The third-order valence-electron chi connectivity index (χ3n) is 6.23. The first kappa shape index (κ1) is 26.7. The van der Waals surface area contributed by atoms with E-state index >= 15 is 0 Å². The zero-order valence-electron chi connectivity index (χ0n) is 18.8. The van der Waals surface area contributed by atoms with E-state index in [1.165, 1.54) is 6.20 Å². The lowest BCUT2D eigenvalue weighted by molar-refractivity contribution is -0.175. The predicted octanol–water partition coefficient (Wildman–Crippen LogP) is 4.77. The number of thiazole rings is 1. The molecule has 3 heterocycles. The molecule has 12 heteroatoms. The lowest BCUT2D eigenvalue weighted by atomic mass is 9.69. The fourth-order valence-electron chi connectivity index (χ4n) is 4.44. The summed E-state index contributed by atoms with van der Waals surface area (Å²) in [6.07, 6.45) is -2.04. The van der Waals surface area contributed by atoms with Gasteiger partial charge in [-0.15, -0.1) is 11.3 Å². The molecule has 0 bridgehead atoms. The van der Waals surface area contributed by atoms with Crippen LogP contribution in [0.3, 0.4) is 0 Å². The van der Waals surface area contributed by atoms with Crippen LogP contribution in [0.5, 0.6) is 5.88 Å². The second-order valence-electron chi connectivity index (χ2n) is 9.06. The Morgan fingerprint density at radius 3 is 2.56 bits per heavy atom. The Morgan fingerprint density at radius 2 is 1.94 bits per heavy atom. The molecular formula is C22H28F5N3O3S. The maximum Gasteiger partial charge on any atom is 0.388 e. The van der Waals surface area contributed by atoms with E-state index in [-0.39, 0.29) is 35.4 Å². The van der Waals surface area contributed by atoms with Gasteiger partial charge in [-0.25, -0.2) is 23.1 Å². The zero-order chi connectivity index (χ0) is 25.0. The number of ether oxygens (including phenoxy) is 1. The number of rotatable bonds is 10. The Kier molecular flexibility index (Phi) is 8.82. The lowest BCUT2D eigenvalue weighted by Gasteiger charge is -2.48. The highest BCUT2D eigenvalue weighted by Gasteiger charge is 2.45. The number of aliphatic hydroxyl groups excluding tert-OH is 1. The molecule has 3 rings (SSSR count). The molecular weight excluding hydrogens is 481 g/mol. The SMILES string of the molecule is CC(C)C1CN(Cc2cnc(-c3cc(F)cnc3OC(F)F)s2)CC(CCC(F)F)(C(O)O)C1. The Balaban J connectivity index is 1.83. The second kappa shape index (κ2) is 11.2. The molecule has 1 saturated heterocycles. The number of pyridine rings is 1. The summed E-state index contributed by atoms with van der Waals surface area (Å²) in [5.74, 6) is -0.925. The summed E-state index contributed by atoms with van der Waals surface area (Å²) in [4.78, 5) is 10.5. The maximum absolute atomic E-state index is 13.7. The highest BCUT2D eigenvalue weighted by Crippen LogP contribution is 2.43. The van der Waals surface area contributed by atoms with Crippen LogP contribution < -0.4 is 4.74 Å². The molecule has 2 N–H and O–H groups in total. The normalized spacial score (nSPS) is 21.9. The monoisotopic (exact) mass is 509 g/mol. The number of alkyl halides is 4. The largest absolute Gasteiger partial charge is 0.416 e. The van der Waals surface area contributed by atoms with Crippen molar-refractivity contribution in [1.29, 1.82) is 0 Å². The lowest BCUT2D eigenvalue weighted by Crippen LogP contribution is -2.53. The summed E-state index contributed by atoms with van der Waals surface area (Å²) in [5.41, 5.74) is -1.10. The standard InChI is InChI=1S/C22H28F5N3O3S/c1-12(2)13-6-22(20(31)32,4-3-17(24)25)11-30(9-13)10-15-8-29-19(34-15)16-5-14(23)7-28-18(16)33-21(26)27/h5,7-8,12-13,17,20-21,31-32H,3-4,6,9-11H2,1-2H3. The van der Waals surface area contributed by atoms with Crippen molar-refractivity contribution < 1.29 is 36.9 Å². The molecule has 0 saturated carbocycles. The van der Waals surface area contributed by atoms with Crippen molar-refractivity contribution in [1.82, 2.24) is 14.9 Å². The van der Waals surface area contributed by atoms with Gasteiger partial charge in [0.2, 0.25) is 12.3 Å². The number of hydrogen-bond donors (Lipinski definition) is 2. The summed E-state index contributed by atoms with van der Waals surface area (Å²) in [6.45, 7) is 2.02. The van der Waals surface area contributed by atoms with Crippen LogP contribution in [0.15, 0.2) is 18.5 Å². The Morgan fingerprint density at radius 1 is 1.21 bits per heavy atom. The van der Waals surface area contributed by atoms with Gasteiger partial charge in [-0.3, -0.25) is 4.90 Å². The number of aliphatic hydroxyl groups is 2. The third-order valence-corrected chi connectivity index (χ3v) is 7.25. The van der Waals surface area contributed by atoms with Gasteiger partial charge in [0.25, 0.3) is 0 Å². The fraction of sp³-hybridized carbons (Fsp3) is 0.636. The van der Waals surface area contributed by atoms with Crippen molar-refractivity contribution in [2.24, 2.45) is 17.3 Å². The van der Waals surface area contributed by atoms with Gasteiger partial charge >= 0.3 is 6.61 Å². The van der Waals surface area contributed by atoms with Crippen LogP contribution in [0.2, 0.25) is 0 Å². The van der Waals surface area contributed by atoms with E-state index in [0.717, 1.165) is 23.6 Å². The number of halogens is 5. The average Bonchev–Trinajstić information content (AvgIpc) is 3.21. The van der Waals surface area contributed by atoms with Crippen molar-refractivity contribution >= 4 is 11.3 Å². The van der Waals surface area contributed by atoms with Gasteiger partial charge in [0, 0.05) is 42.5 Å². The molecule has 0 radical (unpaired) electrons. The Bertz CT molecular complexity index is 946. The number of piperidine rings is 1. The highest BCUT2D eigenvalue weighted by atomic mass is 32.1. The van der Waals surface area contributed by atoms with Gasteiger partial charge in [-0.05, 0) is 30.7 Å². The van der Waals surface area contributed by atoms with Crippen LogP contribution in [0.4, 0.5) is 22.0 Å². The van der Waals surface area contributed by atoms with E-state index in [9.17, 15) is 32.2 Å². The highest BCUT2D eigenvalue weighted by molar-refractivity contribution is 7.15. The number of aromatic nitrogens is 2. The molecule has 2 atom stereocenters. The van der Waals surface area contributed by atoms with Crippen LogP contribution in [0.1, 0.15) is 38.0 Å². The quantitative estimate of drug-likeness (QED) is 0.355. The molecule has 0 aromatic carbocycles. The minimum atomic E-state index is -3.14. The van der Waals surface area contributed by atoms with Crippen molar-refractivity contribution in [2.45, 2.75) is 59.0 Å². The van der Waals surface area contributed by atoms with Crippen LogP contribution in [-0.4, -0.2) is 57.5 Å². The minimum absolute atomic E-state index is 0.00712. The molecule has 1 fully saturated rings. The zero-order valence-corrected chi connectivity index (χ0v) is 19.6. The predicted molar refractivity (Wildman–Crippen MR) is 116 cm³/mol. The molecule has 2 aromatic rings. The van der Waals surface area contributed by atoms with Crippen LogP contribution in [-0.2, 0) is 6.54 Å². The third kappa shape index (κ3) is 6.61. The fourth-order valence-corrected chi connectivity index (χ4v) is 5.40. The summed E-state index contributed by atoms with van der Waals surface area (Å²) >= 11 is 1.14. The smallest absolute Gasteiger partial charge is 0.388 e. The van der Waals surface area contributed by atoms with Crippen molar-refractivity contribution in [3.63, 3.8) is 0 Å². The number of likely N-dealkylation sites (tertiary alicyclic amines) is 1. The first-order valence-electron chi connectivity index (χ1n) is 10.9. The Hall–Kier alpha value is -1.89. The van der Waals surface area contributed by atoms with Crippen LogP contribution >= 0.6 is 11.3 Å². The van der Waals surface area contributed by atoms with E-state index < -0.39 is 42.9 Å². The van der Waals surface area contributed by atoms with Gasteiger partial charge in [0.1, 0.15) is 10.8 Å². The van der Waals surface area contributed by atoms with Crippen molar-refractivity contribution in [2.75, 3.05) is 13.1 Å². The molecule has 6 nitrogen and oxygen atoms in total. The van der Waals surface area contributed by atoms with E-state index in [2.05, 4.69) is 14.7 Å². The van der Waals surface area contributed by atoms with E-state index in [1.807, 2.05) is 18.7 Å². The van der Waals surface area contributed by atoms with Crippen LogP contribution in [0.25, 0.3) is 10.6 Å². The average molecular weight is 510 g/mol. The topological polar surface area (TPSA) is 78.7 Å². The van der Waals surface area contributed by atoms with E-state index in [0.29, 0.717) is 24.4 Å². The van der Waals surface area contributed by atoms with Gasteiger partial charge < -0.3 is 14.9 Å². The second-order valence-corrected chi connectivity index (χ2v) is 10.2. The van der Waals surface area contributed by atoms with Gasteiger partial charge in [0.15, 0.2) is 6.29 Å². The first-order chi connectivity index (χ1) is 16.0. The van der Waals surface area contributed by atoms with E-state index in [1.54, 1.807) is 0 Å². The molecule has 0 amide bonds. The van der Waals surface area contributed by atoms with Gasteiger partial charge in [0.05, 0.1) is 11.8 Å². The summed E-state index contributed by atoms with van der Waals surface area (Å²) in [6, 6.07) is 1.01. The van der Waals surface area contributed by atoms with Crippen molar-refractivity contribution in [3.8, 4) is 16.5 Å². The number of hydrogen-bond acceptors (Lipinski definition) is 7. The molecule has 0 spiro atoms. The summed E-state index contributed by atoms with van der Waals surface area (Å²) in [7, 11) is 0. The molecule has 190 valence electrons. The molecule has 2 aromatic heterocycles. The molecule has 1 aliphatic rings. The molecule has 0 aliphatic carbocycles.